The third-order valence-corrected chi connectivity index (χ3v) is 2.26. The fourth-order valence-corrected chi connectivity index (χ4v) is 1.43. The summed E-state index contributed by atoms with van der Waals surface area (Å²) >= 11 is 0. The molecular formula is C9H14FN5O2. The second-order valence-corrected chi connectivity index (χ2v) is 3.48. The van der Waals surface area contributed by atoms with Crippen molar-refractivity contribution >= 4 is 11.8 Å². The molecule has 94 valence electrons. The third kappa shape index (κ3) is 3.22. The van der Waals surface area contributed by atoms with Gasteiger partial charge >= 0.3 is 0 Å². The standard InChI is InChI=1S/C9H14FN5O2/c10-7-4-13-9(15-11)14-8(7)12-3-6-5-16-1-2-17-6/h4,6H,1-3,5,11H2,(H2,12,13,14,15). The summed E-state index contributed by atoms with van der Waals surface area (Å²) in [6.45, 7) is 2.05. The van der Waals surface area contributed by atoms with Crippen LogP contribution in [-0.4, -0.2) is 42.4 Å². The van der Waals surface area contributed by atoms with Gasteiger partial charge in [0.2, 0.25) is 5.95 Å². The molecule has 1 aromatic rings. The number of rotatable bonds is 4. The molecule has 2 heterocycles. The van der Waals surface area contributed by atoms with E-state index in [2.05, 4.69) is 20.7 Å². The fraction of sp³-hybridized carbons (Fsp3) is 0.556. The van der Waals surface area contributed by atoms with Gasteiger partial charge in [-0.3, -0.25) is 5.43 Å². The van der Waals surface area contributed by atoms with Crippen molar-refractivity contribution in [2.45, 2.75) is 6.10 Å². The number of halogens is 1. The minimum Gasteiger partial charge on any atom is -0.376 e. The van der Waals surface area contributed by atoms with Crippen LogP contribution in [0.25, 0.3) is 0 Å². The summed E-state index contributed by atoms with van der Waals surface area (Å²) in [5.74, 6) is 4.83. The van der Waals surface area contributed by atoms with Crippen molar-refractivity contribution in [2.24, 2.45) is 5.84 Å². The van der Waals surface area contributed by atoms with E-state index in [-0.39, 0.29) is 17.9 Å². The van der Waals surface area contributed by atoms with Crippen LogP contribution < -0.4 is 16.6 Å². The van der Waals surface area contributed by atoms with Gasteiger partial charge in [0.25, 0.3) is 0 Å². The summed E-state index contributed by atoms with van der Waals surface area (Å²) < 4.78 is 24.0. The Morgan fingerprint density at radius 2 is 2.41 bits per heavy atom. The SMILES string of the molecule is NNc1ncc(F)c(NCC2COCCO2)n1. The topological polar surface area (TPSA) is 94.3 Å². The van der Waals surface area contributed by atoms with Gasteiger partial charge in [-0.1, -0.05) is 0 Å². The van der Waals surface area contributed by atoms with Crippen molar-refractivity contribution in [1.29, 1.82) is 0 Å². The number of nitrogens with zero attached hydrogens (tertiary/aromatic N) is 2. The lowest BCUT2D eigenvalue weighted by Gasteiger charge is -2.23. The van der Waals surface area contributed by atoms with E-state index in [1.807, 2.05) is 0 Å². The quantitative estimate of drug-likeness (QED) is 0.495. The molecule has 0 aliphatic carbocycles. The highest BCUT2D eigenvalue weighted by Gasteiger charge is 2.15. The van der Waals surface area contributed by atoms with E-state index in [0.717, 1.165) is 6.20 Å². The molecule has 8 heteroatoms. The van der Waals surface area contributed by atoms with Crippen molar-refractivity contribution in [3.63, 3.8) is 0 Å². The van der Waals surface area contributed by atoms with E-state index in [4.69, 9.17) is 15.3 Å². The zero-order valence-electron chi connectivity index (χ0n) is 9.15. The zero-order valence-corrected chi connectivity index (χ0v) is 9.15. The average molecular weight is 243 g/mol. The van der Waals surface area contributed by atoms with Crippen LogP contribution in [0.3, 0.4) is 0 Å². The Bertz CT molecular complexity index is 372. The highest BCUT2D eigenvalue weighted by atomic mass is 19.1. The van der Waals surface area contributed by atoms with Crippen molar-refractivity contribution in [2.75, 3.05) is 37.1 Å². The molecular weight excluding hydrogens is 229 g/mol. The summed E-state index contributed by atoms with van der Waals surface area (Å²) in [6.07, 6.45) is 0.940. The molecule has 2 rings (SSSR count). The number of aromatic nitrogens is 2. The molecule has 1 aliphatic heterocycles. The number of hydrogen-bond acceptors (Lipinski definition) is 7. The number of anilines is 2. The maximum absolute atomic E-state index is 13.3. The van der Waals surface area contributed by atoms with Crippen molar-refractivity contribution in [3.8, 4) is 0 Å². The van der Waals surface area contributed by atoms with E-state index in [1.165, 1.54) is 0 Å². The van der Waals surface area contributed by atoms with Crippen molar-refractivity contribution in [3.05, 3.63) is 12.0 Å². The molecule has 0 amide bonds. The molecule has 7 nitrogen and oxygen atoms in total. The number of hydrazine groups is 1. The molecule has 0 spiro atoms. The Hall–Kier alpha value is -1.51. The molecule has 0 bridgehead atoms. The van der Waals surface area contributed by atoms with Gasteiger partial charge in [-0.2, -0.15) is 4.98 Å². The molecule has 1 aromatic heterocycles. The summed E-state index contributed by atoms with van der Waals surface area (Å²) in [5.41, 5.74) is 2.25. The van der Waals surface area contributed by atoms with E-state index in [0.29, 0.717) is 26.4 Å². The van der Waals surface area contributed by atoms with Gasteiger partial charge in [-0.15, -0.1) is 0 Å². The molecule has 1 saturated heterocycles. The van der Waals surface area contributed by atoms with Crippen LogP contribution in [0.2, 0.25) is 0 Å². The number of ether oxygens (including phenoxy) is 2. The van der Waals surface area contributed by atoms with Crippen molar-refractivity contribution < 1.29 is 13.9 Å². The first-order chi connectivity index (χ1) is 8.29. The Morgan fingerprint density at radius 3 is 3.12 bits per heavy atom. The lowest BCUT2D eigenvalue weighted by Crippen LogP contribution is -2.34. The Labute approximate surface area is 97.5 Å². The van der Waals surface area contributed by atoms with Crippen LogP contribution in [0.4, 0.5) is 16.2 Å². The summed E-state index contributed by atoms with van der Waals surface area (Å²) in [4.78, 5) is 7.48. The number of hydrogen-bond donors (Lipinski definition) is 3. The fourth-order valence-electron chi connectivity index (χ4n) is 1.43. The van der Waals surface area contributed by atoms with Crippen LogP contribution in [0.5, 0.6) is 0 Å². The Balaban J connectivity index is 1.92. The molecule has 0 saturated carbocycles. The highest BCUT2D eigenvalue weighted by molar-refractivity contribution is 5.40. The van der Waals surface area contributed by atoms with Gasteiger partial charge in [-0.05, 0) is 0 Å². The molecule has 1 aliphatic rings. The lowest BCUT2D eigenvalue weighted by atomic mass is 10.3. The van der Waals surface area contributed by atoms with E-state index >= 15 is 0 Å². The van der Waals surface area contributed by atoms with Crippen LogP contribution in [0, 0.1) is 5.82 Å². The first-order valence-electron chi connectivity index (χ1n) is 5.22. The second kappa shape index (κ2) is 5.71. The lowest BCUT2D eigenvalue weighted by molar-refractivity contribution is -0.0819. The van der Waals surface area contributed by atoms with Gasteiger partial charge < -0.3 is 14.8 Å². The summed E-state index contributed by atoms with van der Waals surface area (Å²) in [6, 6.07) is 0. The molecule has 1 atom stereocenters. The van der Waals surface area contributed by atoms with Crippen LogP contribution in [0.1, 0.15) is 0 Å². The maximum Gasteiger partial charge on any atom is 0.239 e. The Morgan fingerprint density at radius 1 is 1.53 bits per heavy atom. The van der Waals surface area contributed by atoms with E-state index in [1.54, 1.807) is 0 Å². The summed E-state index contributed by atoms with van der Waals surface area (Å²) in [5, 5.41) is 2.83. The molecule has 17 heavy (non-hydrogen) atoms. The van der Waals surface area contributed by atoms with E-state index < -0.39 is 5.82 Å². The van der Waals surface area contributed by atoms with Gasteiger partial charge in [0, 0.05) is 6.54 Å². The maximum atomic E-state index is 13.3. The number of nitrogens with one attached hydrogen (secondary N) is 2. The predicted molar refractivity (Wildman–Crippen MR) is 58.8 cm³/mol. The second-order valence-electron chi connectivity index (χ2n) is 3.48. The zero-order chi connectivity index (χ0) is 12.1. The monoisotopic (exact) mass is 243 g/mol. The van der Waals surface area contributed by atoms with Crippen LogP contribution in [0.15, 0.2) is 6.20 Å². The molecule has 1 fully saturated rings. The molecule has 1 unspecified atom stereocenters. The predicted octanol–water partition coefficient (Wildman–Crippen LogP) is -0.271. The Kier molecular flexibility index (Phi) is 4.02. The number of nitrogens with two attached hydrogens (primary N) is 1. The molecule has 0 radical (unpaired) electrons. The first-order valence-corrected chi connectivity index (χ1v) is 5.22. The molecule has 0 aromatic carbocycles. The average Bonchev–Trinajstić information content (AvgIpc) is 2.39. The normalized spacial score (nSPS) is 20.0. The minimum absolute atomic E-state index is 0.0853. The summed E-state index contributed by atoms with van der Waals surface area (Å²) in [7, 11) is 0. The van der Waals surface area contributed by atoms with E-state index in [9.17, 15) is 4.39 Å². The van der Waals surface area contributed by atoms with Gasteiger partial charge in [0.05, 0.1) is 32.1 Å². The van der Waals surface area contributed by atoms with Crippen LogP contribution in [-0.2, 0) is 9.47 Å². The van der Waals surface area contributed by atoms with Crippen LogP contribution >= 0.6 is 0 Å². The van der Waals surface area contributed by atoms with Gasteiger partial charge in [0.1, 0.15) is 0 Å². The first kappa shape index (κ1) is 12.0. The minimum atomic E-state index is -0.541. The largest absolute Gasteiger partial charge is 0.376 e. The molecule has 4 N–H and O–H groups in total. The third-order valence-electron chi connectivity index (χ3n) is 2.26. The smallest absolute Gasteiger partial charge is 0.239 e. The van der Waals surface area contributed by atoms with Gasteiger partial charge in [0.15, 0.2) is 11.6 Å². The van der Waals surface area contributed by atoms with Gasteiger partial charge in [-0.25, -0.2) is 15.2 Å². The van der Waals surface area contributed by atoms with Crippen molar-refractivity contribution in [1.82, 2.24) is 9.97 Å². The number of nitrogen functional groups attached to an aromatic ring is 1. The highest BCUT2D eigenvalue weighted by Crippen LogP contribution is 2.12.